The molecule has 0 spiro atoms. The van der Waals surface area contributed by atoms with Crippen LogP contribution < -0.4 is 31.4 Å². The van der Waals surface area contributed by atoms with E-state index in [2.05, 4.69) is 21.0 Å². The summed E-state index contributed by atoms with van der Waals surface area (Å²) in [4.78, 5) is 39.9. The Morgan fingerprint density at radius 2 is 1.45 bits per heavy atom. The Bertz CT molecular complexity index is 2240. The number of amides is 2. The standard InChI is InChI=1S/C48H62F3N6O9P/c1-33(2)57(34(3)4)67(64-31-15-28-52)66-43-40(18-13-8-7-9-14-29-53-45(59)55-48(49,50)51)44(56-30-27-42(58)54-46(56)60)65-41(43)32-63-47(35-16-11-10-12-17-35,36-19-23-38(61-5)24-20-36)37-21-25-39(62-6)26-22-37/h10-12,16-17,19-27,30,33-34,40-41,43-44H,7-9,13-15,18,29,31-32H2,1-6H3,(H2,53,55,59)(H,54,58,60)/t40-,41-,43+,44-,67?/m1/s1. The van der Waals surface area contributed by atoms with Gasteiger partial charge in [-0.3, -0.25) is 14.3 Å². The molecule has 3 aromatic carbocycles. The predicted molar refractivity (Wildman–Crippen MR) is 247 cm³/mol. The van der Waals surface area contributed by atoms with Crippen molar-refractivity contribution >= 4 is 14.6 Å². The molecule has 0 bridgehead atoms. The summed E-state index contributed by atoms with van der Waals surface area (Å²) in [6.45, 7) is 8.26. The normalized spacial score (nSPS) is 18.0. The molecule has 1 unspecified atom stereocenters. The lowest BCUT2D eigenvalue weighted by Gasteiger charge is -2.39. The number of aromatic nitrogens is 2. The van der Waals surface area contributed by atoms with E-state index in [0.29, 0.717) is 50.0 Å². The highest BCUT2D eigenvalue weighted by Gasteiger charge is 2.50. The number of alkyl halides is 3. The number of hydrogen-bond donors (Lipinski definition) is 3. The number of carbonyl (C=O) groups excluding carboxylic acids is 1. The number of carbonyl (C=O) groups is 1. The Labute approximate surface area is 390 Å². The van der Waals surface area contributed by atoms with Crippen molar-refractivity contribution < 1.29 is 46.0 Å². The van der Waals surface area contributed by atoms with E-state index in [-0.39, 0.29) is 38.3 Å². The van der Waals surface area contributed by atoms with Crippen LogP contribution in [0, 0.1) is 17.2 Å². The first kappa shape index (κ1) is 52.7. The van der Waals surface area contributed by atoms with Crippen molar-refractivity contribution in [3.63, 3.8) is 0 Å². The van der Waals surface area contributed by atoms with Crippen LogP contribution in [-0.2, 0) is 24.1 Å². The van der Waals surface area contributed by atoms with Crippen LogP contribution in [0.3, 0.4) is 0 Å². The highest BCUT2D eigenvalue weighted by Crippen LogP contribution is 2.53. The van der Waals surface area contributed by atoms with E-state index in [1.807, 2.05) is 107 Å². The molecule has 67 heavy (non-hydrogen) atoms. The van der Waals surface area contributed by atoms with Gasteiger partial charge < -0.3 is 33.3 Å². The smallest absolute Gasteiger partial charge is 0.485 e. The first-order chi connectivity index (χ1) is 32.1. The number of H-pyrrole nitrogens is 1. The second-order valence-electron chi connectivity index (χ2n) is 16.6. The average Bonchev–Trinajstić information content (AvgIpc) is 3.62. The van der Waals surface area contributed by atoms with E-state index in [4.69, 9.17) is 28.0 Å². The molecule has 364 valence electrons. The lowest BCUT2D eigenvalue weighted by molar-refractivity contribution is -0.145. The molecule has 1 fully saturated rings. The molecule has 2 heterocycles. The summed E-state index contributed by atoms with van der Waals surface area (Å²) in [7, 11) is 1.36. The summed E-state index contributed by atoms with van der Waals surface area (Å²) < 4.78 is 80.1. The fourth-order valence-electron chi connectivity index (χ4n) is 8.37. The van der Waals surface area contributed by atoms with Crippen molar-refractivity contribution in [2.24, 2.45) is 5.92 Å². The van der Waals surface area contributed by atoms with E-state index in [0.717, 1.165) is 22.0 Å². The van der Waals surface area contributed by atoms with E-state index >= 15 is 0 Å². The average molecular weight is 955 g/mol. The van der Waals surface area contributed by atoms with Gasteiger partial charge in [0.25, 0.3) is 14.1 Å². The molecule has 1 aromatic heterocycles. The monoisotopic (exact) mass is 954 g/mol. The van der Waals surface area contributed by atoms with Crippen LogP contribution in [0.1, 0.15) is 95.6 Å². The van der Waals surface area contributed by atoms with Crippen molar-refractivity contribution in [2.75, 3.05) is 34.0 Å². The largest absolute Gasteiger partial charge is 0.497 e. The number of nitrogens with zero attached hydrogens (tertiary/aromatic N) is 3. The summed E-state index contributed by atoms with van der Waals surface area (Å²) in [6.07, 6.45) is -2.19. The number of halogens is 3. The van der Waals surface area contributed by atoms with Crippen LogP contribution in [0.4, 0.5) is 18.0 Å². The van der Waals surface area contributed by atoms with Gasteiger partial charge in [-0.25, -0.2) is 19.6 Å². The van der Waals surface area contributed by atoms with Crippen molar-refractivity contribution in [1.29, 1.82) is 5.26 Å². The van der Waals surface area contributed by atoms with Gasteiger partial charge in [0.05, 0.1) is 39.9 Å². The summed E-state index contributed by atoms with van der Waals surface area (Å²) in [6, 6.07) is 27.1. The first-order valence-corrected chi connectivity index (χ1v) is 23.6. The summed E-state index contributed by atoms with van der Waals surface area (Å²) in [5.74, 6) is 0.795. The lowest BCUT2D eigenvalue weighted by atomic mass is 9.80. The minimum absolute atomic E-state index is 0.0359. The van der Waals surface area contributed by atoms with Gasteiger partial charge in [-0.1, -0.05) is 80.3 Å². The molecule has 15 nitrogen and oxygen atoms in total. The fourth-order valence-corrected chi connectivity index (χ4v) is 10.2. The van der Waals surface area contributed by atoms with Crippen molar-refractivity contribution in [2.45, 2.75) is 115 Å². The summed E-state index contributed by atoms with van der Waals surface area (Å²) in [5.41, 5.74) is -0.0927. The van der Waals surface area contributed by atoms with Gasteiger partial charge in [-0.15, -0.1) is 0 Å². The molecule has 19 heteroatoms. The maximum atomic E-state index is 13.6. The number of methoxy groups -OCH3 is 2. The molecular formula is C48H62F3N6O9P. The number of rotatable bonds is 25. The Kier molecular flexibility index (Phi) is 19.8. The minimum Gasteiger partial charge on any atom is -0.497 e. The third-order valence-electron chi connectivity index (χ3n) is 11.4. The van der Waals surface area contributed by atoms with E-state index < -0.39 is 62.1 Å². The first-order valence-electron chi connectivity index (χ1n) is 22.4. The van der Waals surface area contributed by atoms with Crippen LogP contribution >= 0.6 is 8.53 Å². The van der Waals surface area contributed by atoms with Crippen molar-refractivity contribution in [3.05, 3.63) is 129 Å². The number of hydrogen-bond acceptors (Lipinski definition) is 11. The second-order valence-corrected chi connectivity index (χ2v) is 18.0. The molecule has 0 radical (unpaired) electrons. The van der Waals surface area contributed by atoms with Crippen LogP contribution in [0.25, 0.3) is 0 Å². The number of unbranched alkanes of at least 4 members (excludes halogenated alkanes) is 4. The Morgan fingerprint density at radius 1 is 0.866 bits per heavy atom. The Morgan fingerprint density at radius 3 is 2.00 bits per heavy atom. The molecule has 2 amide bonds. The van der Waals surface area contributed by atoms with Crippen molar-refractivity contribution in [3.8, 4) is 17.6 Å². The third kappa shape index (κ3) is 14.4. The molecular weight excluding hydrogens is 893 g/mol. The molecule has 1 aliphatic heterocycles. The summed E-state index contributed by atoms with van der Waals surface area (Å²) in [5, 5.41) is 12.7. The van der Waals surface area contributed by atoms with Gasteiger partial charge >= 0.3 is 18.0 Å². The zero-order valence-corrected chi connectivity index (χ0v) is 39.7. The van der Waals surface area contributed by atoms with Crippen molar-refractivity contribution in [1.82, 2.24) is 24.9 Å². The van der Waals surface area contributed by atoms with Gasteiger partial charge in [-0.2, -0.15) is 18.4 Å². The maximum Gasteiger partial charge on any atom is 0.485 e. The molecule has 0 aliphatic carbocycles. The molecule has 1 aliphatic rings. The molecule has 4 aromatic rings. The van der Waals surface area contributed by atoms with Crippen LogP contribution in [0.2, 0.25) is 0 Å². The maximum absolute atomic E-state index is 13.6. The number of aromatic amines is 1. The van der Waals surface area contributed by atoms with Gasteiger partial charge in [0.15, 0.2) is 0 Å². The van der Waals surface area contributed by atoms with Gasteiger partial charge in [-0.05, 0) is 81.5 Å². The molecule has 1 saturated heterocycles. The minimum atomic E-state index is -4.82. The van der Waals surface area contributed by atoms with Gasteiger partial charge in [0.1, 0.15) is 35.5 Å². The quantitative estimate of drug-likeness (QED) is 0.0250. The molecule has 3 N–H and O–H groups in total. The van der Waals surface area contributed by atoms with Gasteiger partial charge in [0.2, 0.25) is 0 Å². The zero-order valence-electron chi connectivity index (χ0n) is 38.8. The molecule has 5 rings (SSSR count). The highest BCUT2D eigenvalue weighted by molar-refractivity contribution is 7.44. The Balaban J connectivity index is 1.56. The number of nitrogens with one attached hydrogen (secondary N) is 3. The fraction of sp³-hybridized carbons (Fsp3) is 0.500. The zero-order chi connectivity index (χ0) is 48.6. The Hall–Kier alpha value is -5.28. The van der Waals surface area contributed by atoms with Crippen LogP contribution in [-0.4, -0.2) is 84.8 Å². The number of benzene rings is 3. The number of nitriles is 1. The SMILES string of the molecule is COc1ccc(C(OC[C@H]2O[C@@H](n3ccc(=O)[nH]c3=O)[C@H](CCCCCCCNC(=O)NC(F)(F)F)[C@@H]2OP(OCCC#N)N(C(C)C)C(C)C)(c2ccccc2)c2ccc(OC)cc2)cc1. The topological polar surface area (TPSA) is 178 Å². The lowest BCUT2D eigenvalue weighted by Crippen LogP contribution is -2.44. The molecule has 0 saturated carbocycles. The highest BCUT2D eigenvalue weighted by atomic mass is 31.2. The molecule has 5 atom stereocenters. The van der Waals surface area contributed by atoms with Gasteiger partial charge in [0, 0.05) is 36.8 Å². The number of ether oxygens (including phenoxy) is 4. The summed E-state index contributed by atoms with van der Waals surface area (Å²) >= 11 is 0. The van der Waals surface area contributed by atoms with E-state index in [1.165, 1.54) is 16.8 Å². The second kappa shape index (κ2) is 25.2. The van der Waals surface area contributed by atoms with Crippen LogP contribution in [0.15, 0.2) is 101 Å². The predicted octanol–water partition coefficient (Wildman–Crippen LogP) is 8.90. The van der Waals surface area contributed by atoms with Crippen LogP contribution in [0.5, 0.6) is 11.5 Å². The number of urea groups is 1. The van der Waals surface area contributed by atoms with E-state index in [1.54, 1.807) is 14.2 Å². The third-order valence-corrected chi connectivity index (χ3v) is 13.5. The van der Waals surface area contributed by atoms with E-state index in [9.17, 15) is 32.8 Å².